The predicted octanol–water partition coefficient (Wildman–Crippen LogP) is 3.28. The van der Waals surface area contributed by atoms with Gasteiger partial charge in [-0.25, -0.2) is 8.78 Å². The summed E-state index contributed by atoms with van der Waals surface area (Å²) >= 11 is 0. The highest BCUT2D eigenvalue weighted by atomic mass is 19.1. The summed E-state index contributed by atoms with van der Waals surface area (Å²) in [6.07, 6.45) is 2.12. The maximum absolute atomic E-state index is 14.2. The third-order valence-electron chi connectivity index (χ3n) is 4.30. The Hall–Kier alpha value is -2.69. The molecule has 0 aliphatic rings. The van der Waals surface area contributed by atoms with Crippen molar-refractivity contribution in [2.75, 3.05) is 0 Å². The van der Waals surface area contributed by atoms with Gasteiger partial charge in [-0.3, -0.25) is 0 Å². The Morgan fingerprint density at radius 2 is 2.00 bits per heavy atom. The van der Waals surface area contributed by atoms with E-state index >= 15 is 0 Å². The van der Waals surface area contributed by atoms with Crippen LogP contribution >= 0.6 is 0 Å². The first-order valence-corrected chi connectivity index (χ1v) is 7.75. The lowest BCUT2D eigenvalue weighted by molar-refractivity contribution is -0.305. The second-order valence-electron chi connectivity index (χ2n) is 5.73. The molecular formula is C19H16F2NO2-. The molecule has 3 nitrogen and oxygen atoms in total. The van der Waals surface area contributed by atoms with E-state index in [-0.39, 0.29) is 12.0 Å². The summed E-state index contributed by atoms with van der Waals surface area (Å²) in [4.78, 5) is 14.3. The van der Waals surface area contributed by atoms with Gasteiger partial charge in [0.15, 0.2) is 0 Å². The maximum atomic E-state index is 14.2. The van der Waals surface area contributed by atoms with E-state index in [1.54, 1.807) is 6.20 Å². The highest BCUT2D eigenvalue weighted by Gasteiger charge is 2.22. The molecule has 124 valence electrons. The predicted molar refractivity (Wildman–Crippen MR) is 85.5 cm³/mol. The molecule has 0 bridgehead atoms. The molecule has 1 N–H and O–H groups in total. The van der Waals surface area contributed by atoms with Crippen molar-refractivity contribution in [3.05, 3.63) is 70.9 Å². The van der Waals surface area contributed by atoms with E-state index in [0.717, 1.165) is 35.0 Å². The van der Waals surface area contributed by atoms with Gasteiger partial charge in [0.1, 0.15) is 11.6 Å². The fourth-order valence-electron chi connectivity index (χ4n) is 3.16. The number of carboxylic acid groups (broad SMARTS) is 1. The zero-order chi connectivity index (χ0) is 17.3. The number of fused-ring (bicyclic) bond motifs is 1. The highest BCUT2D eigenvalue weighted by molar-refractivity contribution is 5.87. The average Bonchev–Trinajstić information content (AvgIpc) is 2.96. The average molecular weight is 328 g/mol. The minimum atomic E-state index is -1.29. The van der Waals surface area contributed by atoms with Crippen molar-refractivity contribution < 1.29 is 18.7 Å². The molecule has 0 aliphatic heterocycles. The van der Waals surface area contributed by atoms with Gasteiger partial charge in [-0.2, -0.15) is 0 Å². The summed E-state index contributed by atoms with van der Waals surface area (Å²) in [5, 5.41) is 12.0. The molecule has 1 heterocycles. The molecule has 3 aromatic rings. The first kappa shape index (κ1) is 16.2. The number of aromatic nitrogens is 1. The third kappa shape index (κ3) is 2.89. The van der Waals surface area contributed by atoms with Gasteiger partial charge in [-0.15, -0.1) is 0 Å². The van der Waals surface area contributed by atoms with Gasteiger partial charge < -0.3 is 14.9 Å². The van der Waals surface area contributed by atoms with E-state index in [1.165, 1.54) is 6.07 Å². The van der Waals surface area contributed by atoms with Crippen LogP contribution in [0.15, 0.2) is 42.6 Å². The minimum absolute atomic E-state index is 0.142. The number of rotatable bonds is 5. The van der Waals surface area contributed by atoms with E-state index in [9.17, 15) is 18.7 Å². The number of hydrogen-bond acceptors (Lipinski definition) is 2. The summed E-state index contributed by atoms with van der Waals surface area (Å²) in [5.74, 6) is -3.50. The van der Waals surface area contributed by atoms with Gasteiger partial charge in [0.2, 0.25) is 0 Å². The SMILES string of the molecule is CCc1cccc2c([C@H](CC(=O)[O-])c3ccc(F)cc3F)c[nH]c12. The van der Waals surface area contributed by atoms with Crippen LogP contribution in [-0.4, -0.2) is 11.0 Å². The lowest BCUT2D eigenvalue weighted by Gasteiger charge is -2.18. The van der Waals surface area contributed by atoms with Crippen LogP contribution in [0.5, 0.6) is 0 Å². The topological polar surface area (TPSA) is 55.9 Å². The molecule has 0 unspecified atom stereocenters. The van der Waals surface area contributed by atoms with Crippen LogP contribution in [0.3, 0.4) is 0 Å². The fraction of sp³-hybridized carbons (Fsp3) is 0.211. The molecule has 5 heteroatoms. The van der Waals surface area contributed by atoms with Crippen LogP contribution in [-0.2, 0) is 11.2 Å². The van der Waals surface area contributed by atoms with Crippen LogP contribution in [0.1, 0.15) is 36.0 Å². The first-order chi connectivity index (χ1) is 11.5. The Kier molecular flexibility index (Phi) is 4.34. The molecule has 0 saturated carbocycles. The Morgan fingerprint density at radius 1 is 1.21 bits per heavy atom. The molecule has 0 fully saturated rings. The quantitative estimate of drug-likeness (QED) is 0.781. The van der Waals surface area contributed by atoms with Crippen LogP contribution in [0, 0.1) is 11.6 Å². The van der Waals surface area contributed by atoms with Crippen LogP contribution in [0.25, 0.3) is 10.9 Å². The zero-order valence-corrected chi connectivity index (χ0v) is 13.1. The summed E-state index contributed by atoms with van der Waals surface area (Å²) in [6, 6.07) is 8.92. The van der Waals surface area contributed by atoms with Crippen molar-refractivity contribution in [3.8, 4) is 0 Å². The number of hydrogen-bond donors (Lipinski definition) is 1. The number of para-hydroxylation sites is 1. The number of carbonyl (C=O) groups is 1. The zero-order valence-electron chi connectivity index (χ0n) is 13.1. The number of H-pyrrole nitrogens is 1. The molecule has 1 atom stereocenters. The second kappa shape index (κ2) is 6.43. The van der Waals surface area contributed by atoms with Gasteiger partial charge >= 0.3 is 0 Å². The van der Waals surface area contributed by atoms with Crippen LogP contribution < -0.4 is 5.11 Å². The van der Waals surface area contributed by atoms with Crippen molar-refractivity contribution in [2.24, 2.45) is 0 Å². The van der Waals surface area contributed by atoms with Gasteiger partial charge in [-0.05, 0) is 35.6 Å². The Balaban J connectivity index is 2.18. The van der Waals surface area contributed by atoms with E-state index < -0.39 is 23.5 Å². The Morgan fingerprint density at radius 3 is 2.67 bits per heavy atom. The van der Waals surface area contributed by atoms with Gasteiger partial charge in [-0.1, -0.05) is 31.2 Å². The van der Waals surface area contributed by atoms with E-state index in [2.05, 4.69) is 4.98 Å². The molecule has 24 heavy (non-hydrogen) atoms. The first-order valence-electron chi connectivity index (χ1n) is 7.75. The smallest absolute Gasteiger partial charge is 0.129 e. The van der Waals surface area contributed by atoms with Gasteiger partial charge in [0.25, 0.3) is 0 Å². The molecule has 3 rings (SSSR count). The number of carboxylic acids is 1. The van der Waals surface area contributed by atoms with E-state index in [4.69, 9.17) is 0 Å². The third-order valence-corrected chi connectivity index (χ3v) is 4.30. The van der Waals surface area contributed by atoms with Gasteiger partial charge in [0.05, 0.1) is 0 Å². The van der Waals surface area contributed by atoms with Crippen molar-refractivity contribution in [1.82, 2.24) is 4.98 Å². The summed E-state index contributed by atoms with van der Waals surface area (Å²) < 4.78 is 27.4. The molecular weight excluding hydrogens is 312 g/mol. The van der Waals surface area contributed by atoms with E-state index in [1.807, 2.05) is 25.1 Å². The largest absolute Gasteiger partial charge is 0.550 e. The highest BCUT2D eigenvalue weighted by Crippen LogP contribution is 2.35. The number of aryl methyl sites for hydroxylation is 1. The van der Waals surface area contributed by atoms with Crippen molar-refractivity contribution in [3.63, 3.8) is 0 Å². The van der Waals surface area contributed by atoms with Crippen LogP contribution in [0.4, 0.5) is 8.78 Å². The molecule has 0 aliphatic carbocycles. The number of aliphatic carboxylic acids is 1. The molecule has 0 radical (unpaired) electrons. The molecule has 0 amide bonds. The standard InChI is InChI=1S/C19H17F2NO2/c1-2-11-4-3-5-14-16(10-22-19(11)14)15(9-18(23)24)13-7-6-12(20)8-17(13)21/h3-8,10,15,22H,2,9H2,1H3,(H,23,24)/p-1/t15-/m1/s1. The summed E-state index contributed by atoms with van der Waals surface area (Å²) in [6.45, 7) is 2.02. The normalized spacial score (nSPS) is 12.5. The second-order valence-corrected chi connectivity index (χ2v) is 5.73. The van der Waals surface area contributed by atoms with Crippen molar-refractivity contribution in [1.29, 1.82) is 0 Å². The number of nitrogens with one attached hydrogen (secondary N) is 1. The number of aromatic amines is 1. The lowest BCUT2D eigenvalue weighted by atomic mass is 9.87. The monoisotopic (exact) mass is 328 g/mol. The number of halogens is 2. The van der Waals surface area contributed by atoms with Gasteiger partial charge in [0, 0.05) is 35.1 Å². The van der Waals surface area contributed by atoms with Crippen LogP contribution in [0.2, 0.25) is 0 Å². The molecule has 2 aromatic carbocycles. The Labute approximate surface area is 137 Å². The number of carbonyl (C=O) groups excluding carboxylic acids is 1. The fourth-order valence-corrected chi connectivity index (χ4v) is 3.16. The maximum Gasteiger partial charge on any atom is 0.129 e. The number of benzene rings is 2. The molecule has 1 aromatic heterocycles. The van der Waals surface area contributed by atoms with Crippen molar-refractivity contribution >= 4 is 16.9 Å². The summed E-state index contributed by atoms with van der Waals surface area (Å²) in [7, 11) is 0. The van der Waals surface area contributed by atoms with Crippen molar-refractivity contribution in [2.45, 2.75) is 25.7 Å². The molecule has 0 spiro atoms. The molecule has 0 saturated heterocycles. The summed E-state index contributed by atoms with van der Waals surface area (Å²) in [5.41, 5.74) is 2.80. The lowest BCUT2D eigenvalue weighted by Crippen LogP contribution is -2.25. The Bertz CT molecular complexity index is 902. The minimum Gasteiger partial charge on any atom is -0.550 e. The van der Waals surface area contributed by atoms with E-state index in [0.29, 0.717) is 5.56 Å².